The van der Waals surface area contributed by atoms with E-state index < -0.39 is 55.4 Å². The van der Waals surface area contributed by atoms with Gasteiger partial charge in [-0.05, 0) is 0 Å². The molecule has 172 valence electrons. The van der Waals surface area contributed by atoms with Gasteiger partial charge < -0.3 is 87.8 Å². The van der Waals surface area contributed by atoms with Gasteiger partial charge in [0.15, 0.2) is 0 Å². The maximum Gasteiger partial charge on any atom is 0.362 e. The zero-order valence-electron chi connectivity index (χ0n) is 13.6. The Hall–Kier alpha value is -4.32. The Labute approximate surface area is 188 Å². The first kappa shape index (κ1) is 34.2. The van der Waals surface area contributed by atoms with Crippen LogP contribution in [-0.4, -0.2) is 55.4 Å². The Kier molecular flexibility index (Phi) is 21.0. The number of ether oxygens (including phenoxy) is 6. The average Bonchev–Trinajstić information content (AvgIpc) is 2.42. The molecule has 0 aromatic rings. The van der Waals surface area contributed by atoms with Crippen molar-refractivity contribution in [3.63, 3.8) is 0 Å². The number of carboxylic acid groups (broad SMARTS) is 6. The number of hydrogen-bond acceptors (Lipinski definition) is 21. The summed E-state index contributed by atoms with van der Waals surface area (Å²) in [5.74, 6) is 0. The predicted octanol–water partition coefficient (Wildman–Crippen LogP) is -6.52. The van der Waals surface area contributed by atoms with Crippen LogP contribution in [0.4, 0.5) is 43.2 Å². The van der Waals surface area contributed by atoms with E-state index in [2.05, 4.69) is 28.4 Å². The first-order valence-corrected chi connectivity index (χ1v) is 5.51. The van der Waals surface area contributed by atoms with E-state index in [1.165, 1.54) is 0 Å². The van der Waals surface area contributed by atoms with Gasteiger partial charge in [-0.1, -0.05) is 0 Å². The van der Waals surface area contributed by atoms with Crippen LogP contribution in [0.1, 0.15) is 0 Å². The monoisotopic (exact) mass is 682 g/mol. The van der Waals surface area contributed by atoms with Gasteiger partial charge >= 0.3 is 18.5 Å². The third-order valence-electron chi connectivity index (χ3n) is 1.000. The average molecular weight is 682 g/mol. The zero-order valence-corrected chi connectivity index (χ0v) is 17.7. The Morgan fingerprint density at radius 2 is 0.419 bits per heavy atom. The largest absolute Gasteiger partial charge is 0.467 e. The normalized spacial score (nSPS) is 7.74. The van der Waals surface area contributed by atoms with Crippen LogP contribution >= 0.6 is 0 Å². The summed E-state index contributed by atoms with van der Waals surface area (Å²) in [6.07, 6.45) is -19.0. The molecule has 0 saturated carbocycles. The summed E-state index contributed by atoms with van der Waals surface area (Å²) in [6, 6.07) is 0. The number of hydrogen-bond donors (Lipinski definition) is 0. The Balaban J connectivity index is -0.000000174. The molecule has 0 rings (SSSR count). The molecule has 0 spiro atoms. The van der Waals surface area contributed by atoms with Gasteiger partial charge in [-0.3, -0.25) is 0 Å². The molecule has 0 saturated heterocycles. The summed E-state index contributed by atoms with van der Waals surface area (Å²) in [5.41, 5.74) is 0. The number of carbonyl (C=O) groups excluding carboxylic acids is 9. The van der Waals surface area contributed by atoms with E-state index in [-0.39, 0.29) is 31.1 Å². The fourth-order valence-corrected chi connectivity index (χ4v) is 0.471. The van der Waals surface area contributed by atoms with Crippen molar-refractivity contribution >= 4 is 55.4 Å². The summed E-state index contributed by atoms with van der Waals surface area (Å²) in [4.78, 5) is 85.4. The molecule has 0 fully saturated rings. The Morgan fingerprint density at radius 1 is 0.323 bits per heavy atom. The van der Waals surface area contributed by atoms with Crippen molar-refractivity contribution in [2.75, 3.05) is 0 Å². The second-order valence-electron chi connectivity index (χ2n) is 2.86. The van der Waals surface area contributed by atoms with Crippen molar-refractivity contribution < 1.29 is 133 Å². The van der Waals surface area contributed by atoms with E-state index in [4.69, 9.17) is 0 Å². The van der Waals surface area contributed by atoms with Crippen LogP contribution < -0.4 is 30.6 Å². The molecule has 0 radical (unpaired) electrons. The molecule has 0 heterocycles. The van der Waals surface area contributed by atoms with Crippen molar-refractivity contribution in [3.8, 4) is 0 Å². The zero-order chi connectivity index (χ0) is 24.4. The van der Waals surface area contributed by atoms with Gasteiger partial charge in [-0.15, -0.1) is 0 Å². The van der Waals surface area contributed by atoms with E-state index in [0.717, 1.165) is 0 Å². The minimum absolute atomic E-state index is 0. The molecule has 31 heavy (non-hydrogen) atoms. The van der Waals surface area contributed by atoms with Crippen LogP contribution in [0.2, 0.25) is 0 Å². The Morgan fingerprint density at radius 3 is 0.484 bits per heavy atom. The number of carbonyl (C=O) groups is 9. The van der Waals surface area contributed by atoms with Crippen LogP contribution in [0.15, 0.2) is 0 Å². The van der Waals surface area contributed by atoms with Crippen LogP contribution in [0.5, 0.6) is 0 Å². The van der Waals surface area contributed by atoms with Gasteiger partial charge in [0, 0.05) is 31.1 Å². The fraction of sp³-hybridized carbons (Fsp3) is 0. The second kappa shape index (κ2) is 19.0. The second-order valence-corrected chi connectivity index (χ2v) is 2.86. The minimum Gasteiger partial charge on any atom is -0.467 e. The van der Waals surface area contributed by atoms with E-state index >= 15 is 0 Å². The van der Waals surface area contributed by atoms with Crippen LogP contribution in [-0.2, 0) is 28.4 Å². The molecule has 0 amide bonds. The van der Waals surface area contributed by atoms with Gasteiger partial charge in [0.05, 0.1) is 0 Å². The van der Waals surface area contributed by atoms with Gasteiger partial charge in [0.25, 0.3) is 36.9 Å². The maximum absolute atomic E-state index is 9.78. The van der Waals surface area contributed by atoms with Crippen molar-refractivity contribution in [2.24, 2.45) is 0 Å². The van der Waals surface area contributed by atoms with E-state index in [1.807, 2.05) is 0 Å². The van der Waals surface area contributed by atoms with E-state index in [9.17, 15) is 73.8 Å². The molecule has 0 aliphatic carbocycles. The van der Waals surface area contributed by atoms with Crippen molar-refractivity contribution in [1.82, 2.24) is 0 Å². The molecular weight excluding hydrogens is 682 g/mol. The molecule has 0 aromatic carbocycles. The van der Waals surface area contributed by atoms with Crippen LogP contribution in [0.25, 0.3) is 0 Å². The van der Waals surface area contributed by atoms with Crippen molar-refractivity contribution in [3.05, 3.63) is 0 Å². The molecule has 22 heteroatoms. The molecule has 0 N–H and O–H groups in total. The van der Waals surface area contributed by atoms with Gasteiger partial charge in [-0.2, -0.15) is 0 Å². The minimum atomic E-state index is -2.20. The van der Waals surface area contributed by atoms with E-state index in [1.54, 1.807) is 0 Å². The van der Waals surface area contributed by atoms with E-state index in [0.29, 0.717) is 0 Å². The summed E-state index contributed by atoms with van der Waals surface area (Å²) in [5, 5.41) is 56.1. The molecule has 0 bridgehead atoms. The van der Waals surface area contributed by atoms with Crippen molar-refractivity contribution in [1.29, 1.82) is 0 Å². The standard InChI is InChI=1S/3C3H2O7.U/c3*4-1(5)9-3(8)10-2(6)7;/h3*(H,4,5)(H,6,7);/p-6. The van der Waals surface area contributed by atoms with Gasteiger partial charge in [0.2, 0.25) is 0 Å². The summed E-state index contributed by atoms with van der Waals surface area (Å²) >= 11 is 0. The molecule has 0 aromatic heterocycles. The fourth-order valence-electron chi connectivity index (χ4n) is 0.471. The molecular formula is C9O21U-6. The molecule has 0 atom stereocenters. The van der Waals surface area contributed by atoms with Gasteiger partial charge in [0.1, 0.15) is 0 Å². The Bertz CT molecular complexity index is 557. The first-order chi connectivity index (χ1) is 13.6. The maximum atomic E-state index is 9.78. The quantitative estimate of drug-likeness (QED) is 0.130. The summed E-state index contributed by atoms with van der Waals surface area (Å²) in [7, 11) is 0. The predicted molar refractivity (Wildman–Crippen MR) is 55.1 cm³/mol. The van der Waals surface area contributed by atoms with Crippen LogP contribution in [0, 0.1) is 31.1 Å². The number of rotatable bonds is 0. The summed E-state index contributed by atoms with van der Waals surface area (Å²) < 4.78 is 18.5. The topological polar surface area (TPSA) is 347 Å². The molecule has 0 aliphatic rings. The van der Waals surface area contributed by atoms with Crippen molar-refractivity contribution in [2.45, 2.75) is 0 Å². The molecule has 21 nitrogen and oxygen atoms in total. The first-order valence-electron chi connectivity index (χ1n) is 5.51. The molecule has 0 aliphatic heterocycles. The molecule has 0 unspecified atom stereocenters. The summed E-state index contributed by atoms with van der Waals surface area (Å²) in [6.45, 7) is 0. The SMILES string of the molecule is O=C([O-])OC(=O)OC(=O)[O-].O=C([O-])OC(=O)OC(=O)[O-].O=C([O-])OC(=O)OC(=O)[O-].[U]. The smallest absolute Gasteiger partial charge is 0.362 e. The third-order valence-corrected chi connectivity index (χ3v) is 1.000. The third kappa shape index (κ3) is 37.2. The van der Waals surface area contributed by atoms with Crippen LogP contribution in [0.3, 0.4) is 0 Å². The van der Waals surface area contributed by atoms with Gasteiger partial charge in [-0.25, -0.2) is 14.4 Å².